The lowest BCUT2D eigenvalue weighted by Gasteiger charge is -2.33. The van der Waals surface area contributed by atoms with Gasteiger partial charge in [0.2, 0.25) is 0 Å². The van der Waals surface area contributed by atoms with Crippen LogP contribution in [-0.2, 0) is 4.74 Å². The molecule has 1 aliphatic heterocycles. The van der Waals surface area contributed by atoms with Gasteiger partial charge in [0.1, 0.15) is 5.60 Å². The van der Waals surface area contributed by atoms with E-state index in [0.717, 1.165) is 35.8 Å². The SMILES string of the molecule is CC(C)(C)OC(=O)N1CCC(Sc2ccccc2Cl)CC1. The number of ether oxygens (including phenoxy) is 1. The molecular weight excluding hydrogens is 306 g/mol. The van der Waals surface area contributed by atoms with Crippen molar-refractivity contribution in [1.82, 2.24) is 4.90 Å². The molecule has 21 heavy (non-hydrogen) atoms. The van der Waals surface area contributed by atoms with Gasteiger partial charge in [0.05, 0.1) is 5.02 Å². The first-order valence-corrected chi connectivity index (χ1v) is 8.50. The van der Waals surface area contributed by atoms with E-state index >= 15 is 0 Å². The number of rotatable bonds is 2. The minimum absolute atomic E-state index is 0.205. The van der Waals surface area contributed by atoms with Gasteiger partial charge in [-0.25, -0.2) is 4.79 Å². The van der Waals surface area contributed by atoms with Gasteiger partial charge in [-0.2, -0.15) is 0 Å². The first-order chi connectivity index (χ1) is 9.85. The molecule has 0 spiro atoms. The average molecular weight is 328 g/mol. The molecule has 1 aromatic rings. The van der Waals surface area contributed by atoms with E-state index in [4.69, 9.17) is 16.3 Å². The largest absolute Gasteiger partial charge is 0.444 e. The second kappa shape index (κ2) is 6.93. The summed E-state index contributed by atoms with van der Waals surface area (Å²) >= 11 is 8.00. The lowest BCUT2D eigenvalue weighted by atomic mass is 10.1. The molecule has 116 valence electrons. The Morgan fingerprint density at radius 1 is 1.29 bits per heavy atom. The number of amides is 1. The van der Waals surface area contributed by atoms with E-state index in [1.54, 1.807) is 4.90 Å². The molecule has 1 fully saturated rings. The van der Waals surface area contributed by atoms with Crippen molar-refractivity contribution in [1.29, 1.82) is 0 Å². The Kier molecular flexibility index (Phi) is 5.44. The Morgan fingerprint density at radius 2 is 1.90 bits per heavy atom. The van der Waals surface area contributed by atoms with Gasteiger partial charge in [-0.3, -0.25) is 0 Å². The molecule has 1 heterocycles. The van der Waals surface area contributed by atoms with E-state index in [1.165, 1.54) is 0 Å². The summed E-state index contributed by atoms with van der Waals surface area (Å²) in [4.78, 5) is 14.9. The third kappa shape index (κ3) is 5.11. The van der Waals surface area contributed by atoms with E-state index in [-0.39, 0.29) is 6.09 Å². The van der Waals surface area contributed by atoms with Gasteiger partial charge in [-0.15, -0.1) is 11.8 Å². The Bertz CT molecular complexity index is 493. The molecule has 2 rings (SSSR count). The maximum absolute atomic E-state index is 12.0. The predicted octanol–water partition coefficient (Wildman–Crippen LogP) is 4.83. The van der Waals surface area contributed by atoms with Crippen molar-refractivity contribution in [3.05, 3.63) is 29.3 Å². The Labute approximate surface area is 136 Å². The molecular formula is C16H22ClNO2S. The molecule has 0 atom stereocenters. The fraction of sp³-hybridized carbons (Fsp3) is 0.562. The van der Waals surface area contributed by atoms with Crippen LogP contribution < -0.4 is 0 Å². The number of thioether (sulfide) groups is 1. The Hall–Kier alpha value is -0.870. The van der Waals surface area contributed by atoms with Gasteiger partial charge in [-0.1, -0.05) is 23.7 Å². The minimum atomic E-state index is -0.430. The number of benzene rings is 1. The van der Waals surface area contributed by atoms with Crippen LogP contribution in [0, 0.1) is 0 Å². The average Bonchev–Trinajstić information content (AvgIpc) is 2.40. The van der Waals surface area contributed by atoms with Crippen LogP contribution in [0.25, 0.3) is 0 Å². The molecule has 0 saturated carbocycles. The van der Waals surface area contributed by atoms with E-state index in [9.17, 15) is 4.79 Å². The van der Waals surface area contributed by atoms with Crippen LogP contribution in [-0.4, -0.2) is 34.9 Å². The summed E-state index contributed by atoms with van der Waals surface area (Å²) in [5.41, 5.74) is -0.430. The normalized spacial score (nSPS) is 16.9. The molecule has 5 heteroatoms. The lowest BCUT2D eigenvalue weighted by Crippen LogP contribution is -2.42. The van der Waals surface area contributed by atoms with Gasteiger partial charge in [0.15, 0.2) is 0 Å². The maximum atomic E-state index is 12.0. The number of piperidine rings is 1. The highest BCUT2D eigenvalue weighted by Gasteiger charge is 2.27. The van der Waals surface area contributed by atoms with Crippen molar-refractivity contribution in [2.45, 2.75) is 49.4 Å². The number of carbonyl (C=O) groups excluding carboxylic acids is 1. The second-order valence-electron chi connectivity index (χ2n) is 6.22. The highest BCUT2D eigenvalue weighted by molar-refractivity contribution is 8.00. The fourth-order valence-electron chi connectivity index (χ4n) is 2.20. The molecule has 0 N–H and O–H groups in total. The quantitative estimate of drug-likeness (QED) is 0.779. The number of hydrogen-bond acceptors (Lipinski definition) is 3. The molecule has 1 aromatic carbocycles. The van der Waals surface area contributed by atoms with Crippen LogP contribution in [0.5, 0.6) is 0 Å². The van der Waals surface area contributed by atoms with Crippen LogP contribution >= 0.6 is 23.4 Å². The maximum Gasteiger partial charge on any atom is 0.410 e. The number of likely N-dealkylation sites (tertiary alicyclic amines) is 1. The van der Waals surface area contributed by atoms with Gasteiger partial charge in [0.25, 0.3) is 0 Å². The minimum Gasteiger partial charge on any atom is -0.444 e. The first kappa shape index (κ1) is 16.5. The van der Waals surface area contributed by atoms with Crippen LogP contribution in [0.15, 0.2) is 29.2 Å². The van der Waals surface area contributed by atoms with Gasteiger partial charge >= 0.3 is 6.09 Å². The highest BCUT2D eigenvalue weighted by atomic mass is 35.5. The van der Waals surface area contributed by atoms with E-state index in [2.05, 4.69) is 0 Å². The van der Waals surface area contributed by atoms with Crippen molar-refractivity contribution < 1.29 is 9.53 Å². The monoisotopic (exact) mass is 327 g/mol. The van der Waals surface area contributed by atoms with Crippen LogP contribution in [0.4, 0.5) is 4.79 Å². The van der Waals surface area contributed by atoms with E-state index < -0.39 is 5.60 Å². The van der Waals surface area contributed by atoms with Crippen LogP contribution in [0.2, 0.25) is 5.02 Å². The van der Waals surface area contributed by atoms with Crippen LogP contribution in [0.1, 0.15) is 33.6 Å². The zero-order valence-electron chi connectivity index (χ0n) is 12.8. The molecule has 0 bridgehead atoms. The molecule has 0 aromatic heterocycles. The Balaban J connectivity index is 1.83. The zero-order valence-corrected chi connectivity index (χ0v) is 14.3. The van der Waals surface area contributed by atoms with Crippen molar-refractivity contribution in [3.63, 3.8) is 0 Å². The summed E-state index contributed by atoms with van der Waals surface area (Å²) < 4.78 is 5.41. The van der Waals surface area contributed by atoms with Crippen molar-refractivity contribution >= 4 is 29.5 Å². The third-order valence-electron chi connectivity index (χ3n) is 3.22. The van der Waals surface area contributed by atoms with Crippen molar-refractivity contribution in [2.24, 2.45) is 0 Å². The van der Waals surface area contributed by atoms with Gasteiger partial charge in [0, 0.05) is 23.2 Å². The number of nitrogens with zero attached hydrogens (tertiary/aromatic N) is 1. The fourth-order valence-corrected chi connectivity index (χ4v) is 3.62. The summed E-state index contributed by atoms with van der Waals surface area (Å²) in [6.07, 6.45) is 1.73. The molecule has 1 amide bonds. The molecule has 3 nitrogen and oxygen atoms in total. The third-order valence-corrected chi connectivity index (χ3v) is 5.08. The molecule has 0 aliphatic carbocycles. The Morgan fingerprint density at radius 3 is 2.48 bits per heavy atom. The summed E-state index contributed by atoms with van der Waals surface area (Å²) in [5.74, 6) is 0. The zero-order chi connectivity index (χ0) is 15.5. The molecule has 0 radical (unpaired) electrons. The summed E-state index contributed by atoms with van der Waals surface area (Å²) in [5, 5.41) is 1.31. The number of hydrogen-bond donors (Lipinski definition) is 0. The van der Waals surface area contributed by atoms with Gasteiger partial charge < -0.3 is 9.64 Å². The van der Waals surface area contributed by atoms with Crippen molar-refractivity contribution in [3.8, 4) is 0 Å². The van der Waals surface area contributed by atoms with Gasteiger partial charge in [-0.05, 0) is 45.7 Å². The van der Waals surface area contributed by atoms with Crippen molar-refractivity contribution in [2.75, 3.05) is 13.1 Å². The number of halogens is 1. The standard InChI is InChI=1S/C16H22ClNO2S/c1-16(2,3)20-15(19)18-10-8-12(9-11-18)21-14-7-5-4-6-13(14)17/h4-7,12H,8-11H2,1-3H3. The summed E-state index contributed by atoms with van der Waals surface area (Å²) in [6.45, 7) is 7.18. The van der Waals surface area contributed by atoms with Crippen LogP contribution in [0.3, 0.4) is 0 Å². The molecule has 0 unspecified atom stereocenters. The summed E-state index contributed by atoms with van der Waals surface area (Å²) in [7, 11) is 0. The molecule has 1 aliphatic rings. The molecule has 1 saturated heterocycles. The first-order valence-electron chi connectivity index (χ1n) is 7.24. The number of carbonyl (C=O) groups is 1. The predicted molar refractivity (Wildman–Crippen MR) is 88.1 cm³/mol. The topological polar surface area (TPSA) is 29.5 Å². The summed E-state index contributed by atoms with van der Waals surface area (Å²) in [6, 6.07) is 7.91. The highest BCUT2D eigenvalue weighted by Crippen LogP contribution is 2.34. The smallest absolute Gasteiger partial charge is 0.410 e. The van der Waals surface area contributed by atoms with E-state index in [0.29, 0.717) is 5.25 Å². The van der Waals surface area contributed by atoms with E-state index in [1.807, 2.05) is 56.8 Å². The second-order valence-corrected chi connectivity index (χ2v) is 7.96. The lowest BCUT2D eigenvalue weighted by molar-refractivity contribution is 0.0219.